The standard InChI is InChI=1S/C13H22N2S/c1-13(2,12-4-3-7-16-12)10-15-6-5-11(8-14)9-15/h3-4,7,11H,5-6,8-10,14H2,1-2H3. The van der Waals surface area contributed by atoms with Gasteiger partial charge in [-0.1, -0.05) is 19.9 Å². The molecule has 1 aromatic heterocycles. The van der Waals surface area contributed by atoms with Gasteiger partial charge in [0.15, 0.2) is 0 Å². The molecule has 3 heteroatoms. The molecule has 2 N–H and O–H groups in total. The molecular weight excluding hydrogens is 216 g/mol. The van der Waals surface area contributed by atoms with E-state index in [-0.39, 0.29) is 5.41 Å². The van der Waals surface area contributed by atoms with Gasteiger partial charge in [0, 0.05) is 23.4 Å². The van der Waals surface area contributed by atoms with E-state index >= 15 is 0 Å². The van der Waals surface area contributed by atoms with Gasteiger partial charge in [-0.3, -0.25) is 0 Å². The van der Waals surface area contributed by atoms with Crippen LogP contribution in [0.3, 0.4) is 0 Å². The molecule has 1 fully saturated rings. The van der Waals surface area contributed by atoms with Crippen LogP contribution < -0.4 is 5.73 Å². The Morgan fingerprint density at radius 1 is 1.56 bits per heavy atom. The number of hydrogen-bond acceptors (Lipinski definition) is 3. The molecule has 0 spiro atoms. The summed E-state index contributed by atoms with van der Waals surface area (Å²) in [4.78, 5) is 4.06. The molecule has 2 rings (SSSR count). The zero-order chi connectivity index (χ0) is 11.6. The lowest BCUT2D eigenvalue weighted by molar-refractivity contribution is 0.263. The maximum atomic E-state index is 5.73. The van der Waals surface area contributed by atoms with Crippen LogP contribution in [0.15, 0.2) is 17.5 Å². The van der Waals surface area contributed by atoms with E-state index < -0.39 is 0 Å². The van der Waals surface area contributed by atoms with Crippen molar-refractivity contribution in [2.45, 2.75) is 25.7 Å². The molecule has 90 valence electrons. The van der Waals surface area contributed by atoms with Gasteiger partial charge in [0.2, 0.25) is 0 Å². The van der Waals surface area contributed by atoms with E-state index in [1.54, 1.807) is 0 Å². The average Bonchev–Trinajstić information content (AvgIpc) is 2.86. The van der Waals surface area contributed by atoms with E-state index in [0.29, 0.717) is 0 Å². The second-order valence-corrected chi connectivity index (χ2v) is 6.43. The topological polar surface area (TPSA) is 29.3 Å². The summed E-state index contributed by atoms with van der Waals surface area (Å²) >= 11 is 1.87. The van der Waals surface area contributed by atoms with E-state index in [1.165, 1.54) is 24.4 Å². The Morgan fingerprint density at radius 3 is 2.94 bits per heavy atom. The highest BCUT2D eigenvalue weighted by atomic mass is 32.1. The molecule has 2 nitrogen and oxygen atoms in total. The third-order valence-electron chi connectivity index (χ3n) is 3.51. The number of rotatable bonds is 4. The van der Waals surface area contributed by atoms with Crippen LogP contribution in [0.1, 0.15) is 25.1 Å². The van der Waals surface area contributed by atoms with Gasteiger partial charge in [-0.2, -0.15) is 0 Å². The van der Waals surface area contributed by atoms with Gasteiger partial charge in [0.05, 0.1) is 0 Å². The largest absolute Gasteiger partial charge is 0.330 e. The summed E-state index contributed by atoms with van der Waals surface area (Å²) in [5.41, 5.74) is 6.01. The van der Waals surface area contributed by atoms with E-state index in [2.05, 4.69) is 36.3 Å². The Balaban J connectivity index is 1.94. The number of hydrogen-bond donors (Lipinski definition) is 1. The molecule has 1 aromatic rings. The molecule has 0 aromatic carbocycles. The number of nitrogens with zero attached hydrogens (tertiary/aromatic N) is 1. The fourth-order valence-corrected chi connectivity index (χ4v) is 3.39. The van der Waals surface area contributed by atoms with Gasteiger partial charge in [-0.25, -0.2) is 0 Å². The van der Waals surface area contributed by atoms with Gasteiger partial charge in [-0.05, 0) is 36.9 Å². The SMILES string of the molecule is CC(C)(CN1CCC(CN)C1)c1cccs1. The molecule has 1 aliphatic heterocycles. The molecule has 0 aliphatic carbocycles. The highest BCUT2D eigenvalue weighted by Crippen LogP contribution is 2.30. The van der Waals surface area contributed by atoms with E-state index in [0.717, 1.165) is 19.0 Å². The first-order valence-corrected chi connectivity index (χ1v) is 6.96. The minimum absolute atomic E-state index is 0.275. The van der Waals surface area contributed by atoms with Crippen molar-refractivity contribution in [3.05, 3.63) is 22.4 Å². The molecule has 2 heterocycles. The predicted molar refractivity (Wildman–Crippen MR) is 70.9 cm³/mol. The maximum absolute atomic E-state index is 5.73. The Hall–Kier alpha value is -0.380. The molecule has 16 heavy (non-hydrogen) atoms. The summed E-state index contributed by atoms with van der Waals surface area (Å²) in [6.45, 7) is 9.09. The lowest BCUT2D eigenvalue weighted by Crippen LogP contribution is -2.35. The van der Waals surface area contributed by atoms with Crippen molar-refractivity contribution in [3.63, 3.8) is 0 Å². The number of thiophene rings is 1. The van der Waals surface area contributed by atoms with Crippen LogP contribution in [0.25, 0.3) is 0 Å². The fraction of sp³-hybridized carbons (Fsp3) is 0.692. The van der Waals surface area contributed by atoms with Crippen molar-refractivity contribution in [3.8, 4) is 0 Å². The molecule has 0 saturated carbocycles. The van der Waals surface area contributed by atoms with Crippen LogP contribution in [0.4, 0.5) is 0 Å². The lowest BCUT2D eigenvalue weighted by atomic mass is 9.91. The van der Waals surface area contributed by atoms with E-state index in [4.69, 9.17) is 5.73 Å². The van der Waals surface area contributed by atoms with Crippen molar-refractivity contribution in [2.24, 2.45) is 11.7 Å². The highest BCUT2D eigenvalue weighted by molar-refractivity contribution is 7.10. The quantitative estimate of drug-likeness (QED) is 0.872. The minimum Gasteiger partial charge on any atom is -0.330 e. The zero-order valence-corrected chi connectivity index (χ0v) is 11.1. The number of likely N-dealkylation sites (tertiary alicyclic amines) is 1. The van der Waals surface area contributed by atoms with Crippen molar-refractivity contribution in [2.75, 3.05) is 26.2 Å². The molecular formula is C13H22N2S. The average molecular weight is 238 g/mol. The summed E-state index contributed by atoms with van der Waals surface area (Å²) in [6.07, 6.45) is 1.27. The first-order chi connectivity index (χ1) is 7.62. The summed E-state index contributed by atoms with van der Waals surface area (Å²) in [7, 11) is 0. The van der Waals surface area contributed by atoms with Crippen molar-refractivity contribution in [1.29, 1.82) is 0 Å². The second-order valence-electron chi connectivity index (χ2n) is 5.49. The third-order valence-corrected chi connectivity index (χ3v) is 4.75. The van der Waals surface area contributed by atoms with Crippen LogP contribution in [0.2, 0.25) is 0 Å². The molecule has 0 amide bonds. The summed E-state index contributed by atoms with van der Waals surface area (Å²) in [6, 6.07) is 4.40. The highest BCUT2D eigenvalue weighted by Gasteiger charge is 2.29. The van der Waals surface area contributed by atoms with Gasteiger partial charge in [-0.15, -0.1) is 11.3 Å². The molecule has 1 unspecified atom stereocenters. The maximum Gasteiger partial charge on any atom is 0.0118 e. The van der Waals surface area contributed by atoms with Crippen molar-refractivity contribution in [1.82, 2.24) is 4.90 Å². The van der Waals surface area contributed by atoms with Gasteiger partial charge in [0.1, 0.15) is 0 Å². The summed E-state index contributed by atoms with van der Waals surface area (Å²) in [5, 5.41) is 2.17. The summed E-state index contributed by atoms with van der Waals surface area (Å²) < 4.78 is 0. The zero-order valence-electron chi connectivity index (χ0n) is 10.3. The molecule has 1 aliphatic rings. The first-order valence-electron chi connectivity index (χ1n) is 6.08. The van der Waals surface area contributed by atoms with Gasteiger partial charge < -0.3 is 10.6 Å². The van der Waals surface area contributed by atoms with Crippen LogP contribution in [0, 0.1) is 5.92 Å². The molecule has 1 saturated heterocycles. The Kier molecular flexibility index (Phi) is 3.67. The Morgan fingerprint density at radius 2 is 2.38 bits per heavy atom. The Bertz CT molecular complexity index is 319. The smallest absolute Gasteiger partial charge is 0.0118 e. The molecule has 1 atom stereocenters. The third kappa shape index (κ3) is 2.65. The van der Waals surface area contributed by atoms with E-state index in [9.17, 15) is 0 Å². The van der Waals surface area contributed by atoms with Crippen LogP contribution in [-0.2, 0) is 5.41 Å². The number of nitrogens with two attached hydrogens (primary N) is 1. The van der Waals surface area contributed by atoms with Gasteiger partial charge >= 0.3 is 0 Å². The normalized spacial score (nSPS) is 22.8. The van der Waals surface area contributed by atoms with Gasteiger partial charge in [0.25, 0.3) is 0 Å². The second kappa shape index (κ2) is 4.86. The van der Waals surface area contributed by atoms with Crippen molar-refractivity contribution >= 4 is 11.3 Å². The van der Waals surface area contributed by atoms with Crippen LogP contribution >= 0.6 is 11.3 Å². The Labute approximate surface area is 102 Å². The monoisotopic (exact) mass is 238 g/mol. The summed E-state index contributed by atoms with van der Waals surface area (Å²) in [5.74, 6) is 0.721. The molecule has 0 radical (unpaired) electrons. The predicted octanol–water partition coefficient (Wildman–Crippen LogP) is 2.31. The van der Waals surface area contributed by atoms with E-state index in [1.807, 2.05) is 11.3 Å². The fourth-order valence-electron chi connectivity index (χ4n) is 2.55. The van der Waals surface area contributed by atoms with Crippen LogP contribution in [-0.4, -0.2) is 31.1 Å². The van der Waals surface area contributed by atoms with Crippen LogP contribution in [0.5, 0.6) is 0 Å². The van der Waals surface area contributed by atoms with Crippen molar-refractivity contribution < 1.29 is 0 Å². The minimum atomic E-state index is 0.275. The molecule has 0 bridgehead atoms. The lowest BCUT2D eigenvalue weighted by Gasteiger charge is -2.29. The first kappa shape index (κ1) is 12.1.